The molecule has 0 aromatic heterocycles. The van der Waals surface area contributed by atoms with Crippen LogP contribution in [0.5, 0.6) is 0 Å². The number of nitrogens with zero attached hydrogens (tertiary/aromatic N) is 1. The number of aliphatic imine (C=N–C) groups is 1. The predicted octanol–water partition coefficient (Wildman–Crippen LogP) is -1.53. The van der Waals surface area contributed by atoms with Crippen molar-refractivity contribution in [2.75, 3.05) is 6.54 Å². The maximum atomic E-state index is 13.0. The van der Waals surface area contributed by atoms with E-state index in [9.17, 15) is 29.1 Å². The summed E-state index contributed by atoms with van der Waals surface area (Å²) in [4.78, 5) is 64.4. The van der Waals surface area contributed by atoms with Crippen LogP contribution in [0.2, 0.25) is 0 Å². The first-order valence-electron chi connectivity index (χ1n) is 11.8. The second-order valence-electron chi connectivity index (χ2n) is 9.31. The van der Waals surface area contributed by atoms with Crippen molar-refractivity contribution in [2.24, 2.45) is 34.0 Å². The number of carboxylic acids is 2. The molecule has 36 heavy (non-hydrogen) atoms. The van der Waals surface area contributed by atoms with Crippen LogP contribution in [0.15, 0.2) is 4.99 Å². The van der Waals surface area contributed by atoms with Gasteiger partial charge in [-0.3, -0.25) is 24.2 Å². The number of hydrogen-bond donors (Lipinski definition) is 8. The first kappa shape index (κ1) is 32.6. The molecule has 4 atom stereocenters. The van der Waals surface area contributed by atoms with Crippen molar-refractivity contribution in [2.45, 2.75) is 84.0 Å². The largest absolute Gasteiger partial charge is 0.481 e. The highest BCUT2D eigenvalue weighted by atomic mass is 16.4. The highest BCUT2D eigenvalue weighted by molar-refractivity contribution is 5.94. The van der Waals surface area contributed by atoms with Gasteiger partial charge >= 0.3 is 11.9 Å². The summed E-state index contributed by atoms with van der Waals surface area (Å²) < 4.78 is 0. The number of amides is 3. The Morgan fingerprint density at radius 2 is 1.42 bits per heavy atom. The molecule has 0 aromatic carbocycles. The number of carbonyl (C=O) groups is 5. The van der Waals surface area contributed by atoms with Crippen LogP contribution in [0.4, 0.5) is 0 Å². The van der Waals surface area contributed by atoms with E-state index in [0.717, 1.165) is 0 Å². The molecule has 0 radical (unpaired) electrons. The van der Waals surface area contributed by atoms with Crippen LogP contribution in [0.25, 0.3) is 0 Å². The Balaban J connectivity index is 5.33. The van der Waals surface area contributed by atoms with Crippen molar-refractivity contribution < 1.29 is 34.2 Å². The Bertz CT molecular complexity index is 798. The molecule has 0 bridgehead atoms. The van der Waals surface area contributed by atoms with Gasteiger partial charge in [0, 0.05) is 13.0 Å². The van der Waals surface area contributed by atoms with Gasteiger partial charge in [0.15, 0.2) is 5.96 Å². The van der Waals surface area contributed by atoms with Gasteiger partial charge in [0.25, 0.3) is 0 Å². The quantitative estimate of drug-likeness (QED) is 0.0630. The lowest BCUT2D eigenvalue weighted by Crippen LogP contribution is -2.58. The molecular weight excluding hydrogens is 474 g/mol. The first-order chi connectivity index (χ1) is 16.6. The zero-order valence-electron chi connectivity index (χ0n) is 21.3. The summed E-state index contributed by atoms with van der Waals surface area (Å²) >= 11 is 0. The second kappa shape index (κ2) is 16.3. The summed E-state index contributed by atoms with van der Waals surface area (Å²) in [6.07, 6.45) is 0.229. The maximum absolute atomic E-state index is 13.0. The summed E-state index contributed by atoms with van der Waals surface area (Å²) in [5, 5.41) is 25.6. The molecule has 0 aliphatic rings. The van der Waals surface area contributed by atoms with Crippen LogP contribution in [0.3, 0.4) is 0 Å². The highest BCUT2D eigenvalue weighted by Gasteiger charge is 2.32. The summed E-state index contributed by atoms with van der Waals surface area (Å²) in [6, 6.07) is -4.45. The third-order valence-electron chi connectivity index (χ3n) is 5.15. The molecule has 0 aliphatic carbocycles. The number of nitrogens with one attached hydrogen (secondary N) is 3. The van der Waals surface area contributed by atoms with Crippen LogP contribution in [0.1, 0.15) is 59.8 Å². The predicted molar refractivity (Wildman–Crippen MR) is 132 cm³/mol. The van der Waals surface area contributed by atoms with Gasteiger partial charge < -0.3 is 43.4 Å². The lowest BCUT2D eigenvalue weighted by atomic mass is 9.99. The van der Waals surface area contributed by atoms with Gasteiger partial charge in [0.05, 0.1) is 6.04 Å². The Morgan fingerprint density at radius 1 is 0.833 bits per heavy atom. The lowest BCUT2D eigenvalue weighted by molar-refractivity contribution is -0.143. The Labute approximate surface area is 210 Å². The number of carboxylic acid groups (broad SMARTS) is 2. The summed E-state index contributed by atoms with van der Waals surface area (Å²) in [6.45, 7) is 7.32. The summed E-state index contributed by atoms with van der Waals surface area (Å²) in [5.41, 5.74) is 16.4. The zero-order chi connectivity index (χ0) is 28.0. The van der Waals surface area contributed by atoms with Gasteiger partial charge in [-0.25, -0.2) is 4.79 Å². The van der Waals surface area contributed by atoms with Crippen molar-refractivity contribution in [1.29, 1.82) is 0 Å². The highest BCUT2D eigenvalue weighted by Crippen LogP contribution is 2.10. The minimum Gasteiger partial charge on any atom is -0.481 e. The number of hydrogen-bond acceptors (Lipinski definition) is 7. The van der Waals surface area contributed by atoms with Crippen LogP contribution >= 0.6 is 0 Å². The van der Waals surface area contributed by atoms with Crippen LogP contribution in [0, 0.1) is 11.8 Å². The average molecular weight is 516 g/mol. The third kappa shape index (κ3) is 13.5. The smallest absolute Gasteiger partial charge is 0.326 e. The molecule has 4 unspecified atom stereocenters. The molecule has 3 amide bonds. The minimum absolute atomic E-state index is 0.0119. The van der Waals surface area contributed by atoms with E-state index >= 15 is 0 Å². The average Bonchev–Trinajstić information content (AvgIpc) is 2.75. The van der Waals surface area contributed by atoms with Gasteiger partial charge in [0.2, 0.25) is 17.7 Å². The van der Waals surface area contributed by atoms with Gasteiger partial charge in [-0.2, -0.15) is 0 Å². The monoisotopic (exact) mass is 515 g/mol. The van der Waals surface area contributed by atoms with Gasteiger partial charge in [-0.15, -0.1) is 0 Å². The fraction of sp³-hybridized carbons (Fsp3) is 0.727. The lowest BCUT2D eigenvalue weighted by Gasteiger charge is -2.27. The van der Waals surface area contributed by atoms with E-state index in [1.807, 2.05) is 13.8 Å². The van der Waals surface area contributed by atoms with E-state index in [-0.39, 0.29) is 31.1 Å². The van der Waals surface area contributed by atoms with Gasteiger partial charge in [0.1, 0.15) is 18.1 Å². The molecule has 0 saturated heterocycles. The van der Waals surface area contributed by atoms with Gasteiger partial charge in [-0.1, -0.05) is 27.7 Å². The fourth-order valence-electron chi connectivity index (χ4n) is 3.21. The zero-order valence-corrected chi connectivity index (χ0v) is 21.3. The molecule has 0 aromatic rings. The molecule has 14 nitrogen and oxygen atoms in total. The molecular formula is C22H41N7O7. The van der Waals surface area contributed by atoms with Crippen LogP contribution in [-0.2, 0) is 24.0 Å². The van der Waals surface area contributed by atoms with Crippen molar-refractivity contribution in [3.05, 3.63) is 0 Å². The maximum Gasteiger partial charge on any atom is 0.326 e. The third-order valence-corrected chi connectivity index (χ3v) is 5.15. The van der Waals surface area contributed by atoms with E-state index in [1.54, 1.807) is 13.8 Å². The van der Waals surface area contributed by atoms with E-state index in [1.165, 1.54) is 0 Å². The minimum atomic E-state index is -1.44. The standard InChI is InChI=1S/C22H41N7O7/c1-11(2)10-15(28-18(32)13(23)6-5-9-26-22(24)25)19(33)29-17(12(3)4)20(34)27-14(21(35)36)7-8-16(30)31/h11-15,17H,5-10,23H2,1-4H3,(H,27,34)(H,28,32)(H,29,33)(H,30,31)(H,35,36)(H4,24,25,26). The topological polar surface area (TPSA) is 252 Å². The van der Waals surface area contributed by atoms with Crippen LogP contribution < -0.4 is 33.2 Å². The van der Waals surface area contributed by atoms with Crippen LogP contribution in [-0.4, -0.2) is 76.5 Å². The molecule has 206 valence electrons. The summed E-state index contributed by atoms with van der Waals surface area (Å²) in [5.74, 6) is -5.04. The number of carbonyl (C=O) groups excluding carboxylic acids is 3. The molecule has 14 heteroatoms. The van der Waals surface area contributed by atoms with Crippen molar-refractivity contribution in [3.8, 4) is 0 Å². The Hall–Kier alpha value is -3.42. The molecule has 0 heterocycles. The van der Waals surface area contributed by atoms with Gasteiger partial charge in [-0.05, 0) is 37.5 Å². The fourth-order valence-corrected chi connectivity index (χ4v) is 3.21. The number of rotatable bonds is 17. The Kier molecular flexibility index (Phi) is 14.7. The van der Waals surface area contributed by atoms with Crippen molar-refractivity contribution in [3.63, 3.8) is 0 Å². The molecule has 0 fully saturated rings. The number of guanidine groups is 1. The van der Waals surface area contributed by atoms with E-state index in [4.69, 9.17) is 22.3 Å². The van der Waals surface area contributed by atoms with Crippen molar-refractivity contribution in [1.82, 2.24) is 16.0 Å². The first-order valence-corrected chi connectivity index (χ1v) is 11.8. The van der Waals surface area contributed by atoms with E-state index in [0.29, 0.717) is 13.0 Å². The SMILES string of the molecule is CC(C)CC(NC(=O)C(N)CCCN=C(N)N)C(=O)NC(C(=O)NC(CCC(=O)O)C(=O)O)C(C)C. The molecule has 0 aliphatic heterocycles. The number of nitrogens with two attached hydrogens (primary N) is 3. The van der Waals surface area contributed by atoms with E-state index in [2.05, 4.69) is 20.9 Å². The molecule has 0 rings (SSSR count). The second-order valence-corrected chi connectivity index (χ2v) is 9.31. The number of aliphatic carboxylic acids is 2. The molecule has 11 N–H and O–H groups in total. The van der Waals surface area contributed by atoms with Crippen molar-refractivity contribution >= 4 is 35.6 Å². The normalized spacial score (nSPS) is 14.3. The van der Waals surface area contributed by atoms with E-state index < -0.39 is 66.2 Å². The summed E-state index contributed by atoms with van der Waals surface area (Å²) in [7, 11) is 0. The molecule has 0 saturated carbocycles. The Morgan fingerprint density at radius 3 is 1.89 bits per heavy atom. The molecule has 0 spiro atoms.